The molecule has 1 amide bonds. The second-order valence-corrected chi connectivity index (χ2v) is 6.58. The maximum Gasteiger partial charge on any atom is 0.267 e. The van der Waals surface area contributed by atoms with E-state index in [0.717, 1.165) is 5.56 Å². The summed E-state index contributed by atoms with van der Waals surface area (Å²) < 4.78 is 19.2. The fraction of sp³-hybridized carbons (Fsp3) is 0.200. The van der Waals surface area contributed by atoms with Crippen LogP contribution in [0.25, 0.3) is 11.5 Å². The van der Waals surface area contributed by atoms with Gasteiger partial charge in [0.1, 0.15) is 5.82 Å². The number of hydrogen-bond acceptors (Lipinski definition) is 6. The largest absolute Gasteiger partial charge is 0.379 e. The van der Waals surface area contributed by atoms with E-state index in [0.29, 0.717) is 23.0 Å². The molecule has 0 spiro atoms. The van der Waals surface area contributed by atoms with Crippen LogP contribution >= 0.6 is 0 Å². The first-order chi connectivity index (χ1) is 13.5. The average Bonchev–Trinajstić information content (AvgIpc) is 3.35. The van der Waals surface area contributed by atoms with Crippen molar-refractivity contribution < 1.29 is 18.5 Å². The number of amides is 1. The number of carbonyl (C=O) groups is 1. The van der Waals surface area contributed by atoms with Gasteiger partial charge in [0, 0.05) is 17.5 Å². The zero-order valence-electron chi connectivity index (χ0n) is 15.1. The van der Waals surface area contributed by atoms with E-state index in [1.165, 1.54) is 6.07 Å². The maximum atomic E-state index is 13.9. The van der Waals surface area contributed by atoms with Gasteiger partial charge in [0.2, 0.25) is 5.60 Å². The molecule has 1 N–H and O–H groups in total. The molecule has 142 valence electrons. The van der Waals surface area contributed by atoms with E-state index in [9.17, 15) is 9.18 Å². The molecule has 1 aromatic heterocycles. The van der Waals surface area contributed by atoms with Crippen LogP contribution in [-0.2, 0) is 16.2 Å². The van der Waals surface area contributed by atoms with Gasteiger partial charge in [-0.25, -0.2) is 4.39 Å². The molecule has 4 rings (SSSR count). The third-order valence-corrected chi connectivity index (χ3v) is 4.42. The minimum Gasteiger partial charge on any atom is -0.379 e. The van der Waals surface area contributed by atoms with Crippen LogP contribution in [0.2, 0.25) is 0 Å². The van der Waals surface area contributed by atoms with Crippen LogP contribution in [0.1, 0.15) is 24.7 Å². The normalized spacial score (nSPS) is 18.4. The van der Waals surface area contributed by atoms with Crippen molar-refractivity contribution in [1.82, 2.24) is 15.5 Å². The Morgan fingerprint density at radius 3 is 2.71 bits per heavy atom. The molecule has 0 saturated heterocycles. The Labute approximate surface area is 160 Å². The molecule has 1 aliphatic rings. The monoisotopic (exact) mass is 380 g/mol. The molecule has 0 fully saturated rings. The highest BCUT2D eigenvalue weighted by molar-refractivity contribution is 6.05. The Hall–Kier alpha value is -3.55. The van der Waals surface area contributed by atoms with Crippen molar-refractivity contribution in [2.24, 2.45) is 5.16 Å². The summed E-state index contributed by atoms with van der Waals surface area (Å²) in [6.45, 7) is 1.68. The molecule has 1 aliphatic heterocycles. The van der Waals surface area contributed by atoms with E-state index < -0.39 is 17.3 Å². The molecule has 1 atom stereocenters. The first kappa shape index (κ1) is 17.8. The predicted molar refractivity (Wildman–Crippen MR) is 98.6 cm³/mol. The van der Waals surface area contributed by atoms with E-state index in [4.69, 9.17) is 9.36 Å². The van der Waals surface area contributed by atoms with Crippen molar-refractivity contribution in [1.29, 1.82) is 0 Å². The smallest absolute Gasteiger partial charge is 0.267 e. The number of nitrogens with one attached hydrogen (secondary N) is 1. The van der Waals surface area contributed by atoms with Crippen molar-refractivity contribution in [3.63, 3.8) is 0 Å². The van der Waals surface area contributed by atoms with Crippen LogP contribution in [0, 0.1) is 5.82 Å². The minimum absolute atomic E-state index is 0.0726. The highest BCUT2D eigenvalue weighted by Crippen LogP contribution is 2.28. The Morgan fingerprint density at radius 1 is 1.18 bits per heavy atom. The second-order valence-electron chi connectivity index (χ2n) is 6.58. The summed E-state index contributed by atoms with van der Waals surface area (Å²) in [5, 5.41) is 10.5. The third kappa shape index (κ3) is 3.48. The van der Waals surface area contributed by atoms with E-state index in [1.807, 2.05) is 30.3 Å². The quantitative estimate of drug-likeness (QED) is 0.735. The van der Waals surface area contributed by atoms with Crippen LogP contribution in [-0.4, -0.2) is 27.4 Å². The van der Waals surface area contributed by atoms with Crippen LogP contribution in [0.15, 0.2) is 64.3 Å². The van der Waals surface area contributed by atoms with Crippen molar-refractivity contribution in [3.05, 3.63) is 71.8 Å². The molecule has 0 saturated carbocycles. The lowest BCUT2D eigenvalue weighted by Crippen LogP contribution is -2.44. The van der Waals surface area contributed by atoms with Gasteiger partial charge >= 0.3 is 0 Å². The zero-order valence-corrected chi connectivity index (χ0v) is 15.1. The highest BCUT2D eigenvalue weighted by Gasteiger charge is 2.42. The van der Waals surface area contributed by atoms with E-state index >= 15 is 0 Å². The SMILES string of the molecule is C[C@]1(C(=O)NCc2noc(-c3ccccc3)n2)CC(c2ccccc2F)=NO1. The third-order valence-electron chi connectivity index (χ3n) is 4.42. The number of aromatic nitrogens is 2. The average molecular weight is 380 g/mol. The van der Waals surface area contributed by atoms with E-state index in [2.05, 4.69) is 20.6 Å². The number of oxime groups is 1. The number of nitrogens with zero attached hydrogens (tertiary/aromatic N) is 3. The molecule has 7 nitrogen and oxygen atoms in total. The minimum atomic E-state index is -1.23. The first-order valence-corrected chi connectivity index (χ1v) is 8.71. The molecular weight excluding hydrogens is 363 g/mol. The van der Waals surface area contributed by atoms with Crippen molar-refractivity contribution >= 4 is 11.6 Å². The van der Waals surface area contributed by atoms with Crippen molar-refractivity contribution in [2.75, 3.05) is 0 Å². The van der Waals surface area contributed by atoms with Gasteiger partial charge in [0.05, 0.1) is 12.3 Å². The number of hydrogen-bond donors (Lipinski definition) is 1. The molecule has 28 heavy (non-hydrogen) atoms. The molecular formula is C20H17FN4O3. The summed E-state index contributed by atoms with van der Waals surface area (Å²) in [4.78, 5) is 22.2. The summed E-state index contributed by atoms with van der Waals surface area (Å²) in [6, 6.07) is 15.6. The van der Waals surface area contributed by atoms with E-state index in [-0.39, 0.29) is 13.0 Å². The Bertz CT molecular complexity index is 1030. The summed E-state index contributed by atoms with van der Waals surface area (Å²) in [5.41, 5.74) is 0.275. The summed E-state index contributed by atoms with van der Waals surface area (Å²) in [6.07, 6.45) is 0.154. The zero-order chi connectivity index (χ0) is 19.6. The number of benzene rings is 2. The molecule has 3 aromatic rings. The van der Waals surface area contributed by atoms with Gasteiger partial charge < -0.3 is 14.7 Å². The molecule has 0 bridgehead atoms. The van der Waals surface area contributed by atoms with Gasteiger partial charge in [-0.3, -0.25) is 4.79 Å². The van der Waals surface area contributed by atoms with Gasteiger partial charge in [-0.2, -0.15) is 4.98 Å². The number of halogens is 1. The Balaban J connectivity index is 1.38. The van der Waals surface area contributed by atoms with E-state index in [1.54, 1.807) is 25.1 Å². The molecule has 2 aromatic carbocycles. The summed E-state index contributed by atoms with van der Waals surface area (Å²) in [7, 11) is 0. The molecule has 2 heterocycles. The highest BCUT2D eigenvalue weighted by atomic mass is 19.1. The summed E-state index contributed by atoms with van der Waals surface area (Å²) in [5.74, 6) is -0.0919. The lowest BCUT2D eigenvalue weighted by Gasteiger charge is -2.19. The lowest BCUT2D eigenvalue weighted by atomic mass is 9.95. The number of rotatable bonds is 5. The van der Waals surface area contributed by atoms with Gasteiger partial charge in [-0.05, 0) is 25.1 Å². The van der Waals surface area contributed by atoms with Crippen molar-refractivity contribution in [3.8, 4) is 11.5 Å². The molecule has 0 aliphatic carbocycles. The fourth-order valence-corrected chi connectivity index (χ4v) is 2.87. The Kier molecular flexibility index (Phi) is 4.60. The maximum absolute atomic E-state index is 13.9. The molecule has 8 heteroatoms. The van der Waals surface area contributed by atoms with Gasteiger partial charge in [0.25, 0.3) is 11.8 Å². The number of carbonyl (C=O) groups excluding carboxylic acids is 1. The van der Waals surface area contributed by atoms with Gasteiger partial charge in [0.15, 0.2) is 5.82 Å². The topological polar surface area (TPSA) is 89.6 Å². The molecule has 0 unspecified atom stereocenters. The first-order valence-electron chi connectivity index (χ1n) is 8.71. The standard InChI is InChI=1S/C20H17FN4O3/c1-20(11-16(24-28-20)14-9-5-6-10-15(14)21)19(26)22-12-17-23-18(27-25-17)13-7-3-2-4-8-13/h2-10H,11-12H2,1H3,(H,22,26)/t20-/m1/s1. The van der Waals surface area contributed by atoms with Crippen LogP contribution in [0.4, 0.5) is 4.39 Å². The van der Waals surface area contributed by atoms with Crippen LogP contribution in [0.3, 0.4) is 0 Å². The van der Waals surface area contributed by atoms with Crippen molar-refractivity contribution in [2.45, 2.75) is 25.5 Å². The molecule has 0 radical (unpaired) electrons. The van der Waals surface area contributed by atoms with Gasteiger partial charge in [-0.1, -0.05) is 46.7 Å². The van der Waals surface area contributed by atoms with Crippen LogP contribution in [0.5, 0.6) is 0 Å². The van der Waals surface area contributed by atoms with Gasteiger partial charge in [-0.15, -0.1) is 0 Å². The Morgan fingerprint density at radius 2 is 1.93 bits per heavy atom. The summed E-state index contributed by atoms with van der Waals surface area (Å²) >= 11 is 0. The lowest BCUT2D eigenvalue weighted by molar-refractivity contribution is -0.141. The fourth-order valence-electron chi connectivity index (χ4n) is 2.87. The van der Waals surface area contributed by atoms with Crippen LogP contribution < -0.4 is 5.32 Å². The predicted octanol–water partition coefficient (Wildman–Crippen LogP) is 3.08. The second kappa shape index (κ2) is 7.22.